The SMILES string of the molecule is CS(=O)(=O)N1CCc2c(F)cccc21. The highest BCUT2D eigenvalue weighted by Crippen LogP contribution is 2.31. The number of hydrogen-bond acceptors (Lipinski definition) is 2. The quantitative estimate of drug-likeness (QED) is 0.704. The third kappa shape index (κ3) is 1.37. The van der Waals surface area contributed by atoms with Gasteiger partial charge in [-0.15, -0.1) is 0 Å². The van der Waals surface area contributed by atoms with Gasteiger partial charge in [0.1, 0.15) is 5.82 Å². The lowest BCUT2D eigenvalue weighted by Crippen LogP contribution is -2.27. The van der Waals surface area contributed by atoms with Gasteiger partial charge in [-0.2, -0.15) is 0 Å². The predicted octanol–water partition coefficient (Wildman–Crippen LogP) is 1.15. The fourth-order valence-electron chi connectivity index (χ4n) is 1.71. The van der Waals surface area contributed by atoms with Crippen LogP contribution in [0.15, 0.2) is 18.2 Å². The van der Waals surface area contributed by atoms with E-state index in [4.69, 9.17) is 0 Å². The molecule has 0 atom stereocenters. The lowest BCUT2D eigenvalue weighted by atomic mass is 10.1. The molecule has 0 aromatic heterocycles. The van der Waals surface area contributed by atoms with Crippen LogP contribution in [0.1, 0.15) is 5.56 Å². The molecule has 1 aromatic rings. The highest BCUT2D eigenvalue weighted by atomic mass is 32.2. The minimum atomic E-state index is -3.27. The number of hydrogen-bond donors (Lipinski definition) is 0. The van der Waals surface area contributed by atoms with Gasteiger partial charge in [-0.05, 0) is 18.6 Å². The lowest BCUT2D eigenvalue weighted by Gasteiger charge is -2.15. The highest BCUT2D eigenvalue weighted by Gasteiger charge is 2.27. The van der Waals surface area contributed by atoms with E-state index in [1.807, 2.05) is 0 Å². The normalized spacial score (nSPS) is 15.7. The Morgan fingerprint density at radius 3 is 2.79 bits per heavy atom. The second kappa shape index (κ2) is 2.95. The molecular weight excluding hydrogens is 205 g/mol. The van der Waals surface area contributed by atoms with Crippen LogP contribution < -0.4 is 4.31 Å². The van der Waals surface area contributed by atoms with Crippen LogP contribution in [0.3, 0.4) is 0 Å². The molecule has 1 heterocycles. The van der Waals surface area contributed by atoms with E-state index in [2.05, 4.69) is 0 Å². The van der Waals surface area contributed by atoms with E-state index in [1.54, 1.807) is 6.07 Å². The zero-order valence-electron chi connectivity index (χ0n) is 7.70. The Morgan fingerprint density at radius 1 is 1.43 bits per heavy atom. The molecule has 5 heteroatoms. The maximum atomic E-state index is 13.2. The van der Waals surface area contributed by atoms with Crippen molar-refractivity contribution in [1.29, 1.82) is 0 Å². The summed E-state index contributed by atoms with van der Waals surface area (Å²) in [6, 6.07) is 4.51. The zero-order chi connectivity index (χ0) is 10.3. The highest BCUT2D eigenvalue weighted by molar-refractivity contribution is 7.92. The van der Waals surface area contributed by atoms with Crippen molar-refractivity contribution in [1.82, 2.24) is 0 Å². The van der Waals surface area contributed by atoms with Gasteiger partial charge in [0.15, 0.2) is 0 Å². The summed E-state index contributed by atoms with van der Waals surface area (Å²) in [5.41, 5.74) is 0.977. The second-order valence-electron chi connectivity index (χ2n) is 3.32. The fourth-order valence-corrected chi connectivity index (χ4v) is 2.66. The second-order valence-corrected chi connectivity index (χ2v) is 5.23. The van der Waals surface area contributed by atoms with E-state index in [0.717, 1.165) is 6.26 Å². The number of sulfonamides is 1. The summed E-state index contributed by atoms with van der Waals surface area (Å²) in [6.07, 6.45) is 1.59. The van der Waals surface area contributed by atoms with Crippen molar-refractivity contribution < 1.29 is 12.8 Å². The molecule has 0 saturated carbocycles. The number of fused-ring (bicyclic) bond motifs is 1. The molecule has 0 N–H and O–H groups in total. The van der Waals surface area contributed by atoms with Gasteiger partial charge in [-0.1, -0.05) is 6.07 Å². The number of nitrogens with zero attached hydrogens (tertiary/aromatic N) is 1. The largest absolute Gasteiger partial charge is 0.270 e. The van der Waals surface area contributed by atoms with Crippen molar-refractivity contribution in [2.75, 3.05) is 17.1 Å². The van der Waals surface area contributed by atoms with Crippen LogP contribution in [0, 0.1) is 5.82 Å². The Kier molecular flexibility index (Phi) is 1.99. The molecule has 3 nitrogen and oxygen atoms in total. The van der Waals surface area contributed by atoms with E-state index >= 15 is 0 Å². The Labute approximate surface area is 82.2 Å². The molecule has 14 heavy (non-hydrogen) atoms. The Bertz CT molecular complexity index is 470. The number of anilines is 1. The average molecular weight is 215 g/mol. The van der Waals surface area contributed by atoms with Crippen molar-refractivity contribution >= 4 is 15.7 Å². The molecule has 0 spiro atoms. The van der Waals surface area contributed by atoms with Gasteiger partial charge in [0.2, 0.25) is 10.0 Å². The van der Waals surface area contributed by atoms with Gasteiger partial charge >= 0.3 is 0 Å². The average Bonchev–Trinajstić information content (AvgIpc) is 2.47. The van der Waals surface area contributed by atoms with Crippen molar-refractivity contribution in [2.45, 2.75) is 6.42 Å². The molecule has 0 unspecified atom stereocenters. The molecule has 0 amide bonds. The third-order valence-corrected chi connectivity index (χ3v) is 3.51. The zero-order valence-corrected chi connectivity index (χ0v) is 8.51. The van der Waals surface area contributed by atoms with Crippen LogP contribution in [0.4, 0.5) is 10.1 Å². The number of halogens is 1. The molecule has 1 aromatic carbocycles. The molecule has 1 aliphatic heterocycles. The van der Waals surface area contributed by atoms with Crippen LogP contribution in [0.5, 0.6) is 0 Å². The summed E-state index contributed by atoms with van der Waals surface area (Å²) in [7, 11) is -3.27. The number of rotatable bonds is 1. The first-order chi connectivity index (χ1) is 6.50. The summed E-state index contributed by atoms with van der Waals surface area (Å²) in [5.74, 6) is -0.325. The molecule has 0 bridgehead atoms. The number of benzene rings is 1. The lowest BCUT2D eigenvalue weighted by molar-refractivity contribution is 0.598. The first-order valence-corrected chi connectivity index (χ1v) is 6.10. The Hall–Kier alpha value is -1.10. The van der Waals surface area contributed by atoms with E-state index in [1.165, 1.54) is 16.4 Å². The first kappa shape index (κ1) is 9.45. The van der Waals surface area contributed by atoms with Crippen LogP contribution >= 0.6 is 0 Å². The van der Waals surface area contributed by atoms with Crippen molar-refractivity contribution in [3.8, 4) is 0 Å². The molecule has 0 aliphatic carbocycles. The smallest absolute Gasteiger partial charge is 0.232 e. The molecule has 1 aliphatic rings. The minimum absolute atomic E-state index is 0.325. The molecular formula is C9H10FNO2S. The summed E-state index contributed by atoms with van der Waals surface area (Å²) >= 11 is 0. The van der Waals surface area contributed by atoms with Gasteiger partial charge in [0, 0.05) is 12.1 Å². The Morgan fingerprint density at radius 2 is 2.14 bits per heavy atom. The Balaban J connectivity index is 2.56. The van der Waals surface area contributed by atoms with Crippen molar-refractivity contribution in [3.05, 3.63) is 29.6 Å². The molecule has 0 fully saturated rings. The van der Waals surface area contributed by atoms with Gasteiger partial charge in [0.25, 0.3) is 0 Å². The van der Waals surface area contributed by atoms with Crippen molar-refractivity contribution in [2.24, 2.45) is 0 Å². The summed E-state index contributed by atoms with van der Waals surface area (Å²) in [4.78, 5) is 0. The van der Waals surface area contributed by atoms with Gasteiger partial charge in [-0.3, -0.25) is 4.31 Å². The molecule has 0 saturated heterocycles. The van der Waals surface area contributed by atoms with Crippen LogP contribution in [-0.2, 0) is 16.4 Å². The van der Waals surface area contributed by atoms with Gasteiger partial charge in [0.05, 0.1) is 11.9 Å². The topological polar surface area (TPSA) is 37.4 Å². The predicted molar refractivity (Wildman–Crippen MR) is 52.3 cm³/mol. The van der Waals surface area contributed by atoms with Gasteiger partial charge in [-0.25, -0.2) is 12.8 Å². The van der Waals surface area contributed by atoms with Crippen LogP contribution in [0.2, 0.25) is 0 Å². The van der Waals surface area contributed by atoms with Gasteiger partial charge < -0.3 is 0 Å². The van der Waals surface area contributed by atoms with E-state index in [9.17, 15) is 12.8 Å². The van der Waals surface area contributed by atoms with E-state index in [-0.39, 0.29) is 5.82 Å². The third-order valence-electron chi connectivity index (χ3n) is 2.33. The maximum Gasteiger partial charge on any atom is 0.232 e. The summed E-state index contributed by atoms with van der Waals surface area (Å²) in [5, 5.41) is 0. The standard InChI is InChI=1S/C9H10FNO2S/c1-14(12,13)11-6-5-7-8(10)3-2-4-9(7)11/h2-4H,5-6H2,1H3. The van der Waals surface area contributed by atoms with E-state index < -0.39 is 10.0 Å². The monoisotopic (exact) mass is 215 g/mol. The van der Waals surface area contributed by atoms with Crippen molar-refractivity contribution in [3.63, 3.8) is 0 Å². The summed E-state index contributed by atoms with van der Waals surface area (Å²) in [6.45, 7) is 0.342. The maximum absolute atomic E-state index is 13.2. The molecule has 2 rings (SSSR count). The fraction of sp³-hybridized carbons (Fsp3) is 0.333. The van der Waals surface area contributed by atoms with Crippen LogP contribution in [0.25, 0.3) is 0 Å². The summed E-state index contributed by atoms with van der Waals surface area (Å²) < 4.78 is 37.1. The van der Waals surface area contributed by atoms with E-state index in [0.29, 0.717) is 24.2 Å². The first-order valence-electron chi connectivity index (χ1n) is 4.25. The minimum Gasteiger partial charge on any atom is -0.270 e. The van der Waals surface area contributed by atoms with Crippen LogP contribution in [-0.4, -0.2) is 21.2 Å². The molecule has 76 valence electrons. The molecule has 0 radical (unpaired) electrons.